The largest absolute Gasteiger partial charge is 0.460 e. The van der Waals surface area contributed by atoms with Gasteiger partial charge in [0.1, 0.15) is 11.5 Å². The van der Waals surface area contributed by atoms with Crippen molar-refractivity contribution in [1.29, 1.82) is 0 Å². The number of alkyl halides is 3. The number of aryl methyl sites for hydroxylation is 1. The van der Waals surface area contributed by atoms with Crippen LogP contribution in [0.1, 0.15) is 17.7 Å². The Morgan fingerprint density at radius 2 is 2.20 bits per heavy atom. The quantitative estimate of drug-likeness (QED) is 0.809. The van der Waals surface area contributed by atoms with Crippen molar-refractivity contribution in [3.8, 4) is 11.5 Å². The van der Waals surface area contributed by atoms with E-state index in [9.17, 15) is 13.2 Å². The van der Waals surface area contributed by atoms with Gasteiger partial charge in [-0.25, -0.2) is 0 Å². The van der Waals surface area contributed by atoms with Crippen molar-refractivity contribution in [2.24, 2.45) is 5.92 Å². The maximum Gasteiger partial charge on any atom is 0.401 e. The van der Waals surface area contributed by atoms with E-state index < -0.39 is 12.7 Å². The molecular weight excluding hydrogens is 357 g/mol. The van der Waals surface area contributed by atoms with Gasteiger partial charge in [0.25, 0.3) is 0 Å². The highest BCUT2D eigenvalue weighted by molar-refractivity contribution is 5.85. The molecule has 3 heterocycles. The van der Waals surface area contributed by atoms with Gasteiger partial charge in [-0.15, -0.1) is 12.4 Å². The third kappa shape index (κ3) is 5.49. The number of nitrogens with zero attached hydrogens (tertiary/aromatic N) is 2. The van der Waals surface area contributed by atoms with Gasteiger partial charge in [-0.2, -0.15) is 18.3 Å². The lowest BCUT2D eigenvalue weighted by atomic mass is 10.1. The summed E-state index contributed by atoms with van der Waals surface area (Å²) in [4.78, 5) is 1.47. The number of H-pyrrole nitrogens is 1. The van der Waals surface area contributed by atoms with E-state index in [2.05, 4.69) is 15.5 Å². The summed E-state index contributed by atoms with van der Waals surface area (Å²) in [5, 5.41) is 10.3. The first-order valence-corrected chi connectivity index (χ1v) is 7.99. The average Bonchev–Trinajstić information content (AvgIpc) is 3.19. The Labute approximate surface area is 150 Å². The third-order valence-electron chi connectivity index (χ3n) is 4.23. The third-order valence-corrected chi connectivity index (χ3v) is 4.23. The molecule has 0 aromatic carbocycles. The molecule has 2 aromatic heterocycles. The molecular formula is C16H22ClF3N4O. The standard InChI is InChI=1S/C16H21F3N4O.ClH/c1-11-2-3-14(24-11)15-13(8-21-22-15)7-20-6-12-4-5-23(9-12)10-16(17,18)19;/h2-3,8,12,20H,4-7,9-10H2,1H3,(H,21,22);1H. The Hall–Kier alpha value is -1.51. The number of aromatic amines is 1. The van der Waals surface area contributed by atoms with E-state index in [4.69, 9.17) is 4.42 Å². The molecule has 1 fully saturated rings. The van der Waals surface area contributed by atoms with Crippen LogP contribution in [0, 0.1) is 12.8 Å². The van der Waals surface area contributed by atoms with E-state index in [1.165, 1.54) is 4.90 Å². The van der Waals surface area contributed by atoms with Crippen LogP contribution in [-0.4, -0.2) is 47.5 Å². The Morgan fingerprint density at radius 1 is 1.40 bits per heavy atom. The predicted octanol–water partition coefficient (Wildman–Crippen LogP) is 3.37. The minimum atomic E-state index is -4.12. The molecule has 1 aliphatic heterocycles. The van der Waals surface area contributed by atoms with E-state index in [0.29, 0.717) is 26.2 Å². The highest BCUT2D eigenvalue weighted by atomic mass is 35.5. The van der Waals surface area contributed by atoms with E-state index in [-0.39, 0.29) is 18.3 Å². The average molecular weight is 379 g/mol. The fourth-order valence-corrected chi connectivity index (χ4v) is 3.11. The first kappa shape index (κ1) is 19.8. The van der Waals surface area contributed by atoms with Gasteiger partial charge >= 0.3 is 6.18 Å². The molecule has 0 saturated carbocycles. The predicted molar refractivity (Wildman–Crippen MR) is 90.6 cm³/mol. The Kier molecular flexibility index (Phi) is 6.53. The highest BCUT2D eigenvalue weighted by Gasteiger charge is 2.34. The fraction of sp³-hybridized carbons (Fsp3) is 0.562. The minimum absolute atomic E-state index is 0. The fourth-order valence-electron chi connectivity index (χ4n) is 3.11. The molecule has 2 N–H and O–H groups in total. The second-order valence-corrected chi connectivity index (χ2v) is 6.32. The summed E-state index contributed by atoms with van der Waals surface area (Å²) in [6, 6.07) is 3.78. The van der Waals surface area contributed by atoms with E-state index in [0.717, 1.165) is 29.2 Å². The van der Waals surface area contributed by atoms with Crippen molar-refractivity contribution in [3.63, 3.8) is 0 Å². The van der Waals surface area contributed by atoms with Crippen molar-refractivity contribution in [3.05, 3.63) is 29.7 Å². The summed E-state index contributed by atoms with van der Waals surface area (Å²) in [5.74, 6) is 1.81. The number of hydrogen-bond acceptors (Lipinski definition) is 4. The van der Waals surface area contributed by atoms with E-state index >= 15 is 0 Å². The molecule has 25 heavy (non-hydrogen) atoms. The van der Waals surface area contributed by atoms with Crippen LogP contribution < -0.4 is 5.32 Å². The van der Waals surface area contributed by atoms with Crippen LogP contribution in [0.5, 0.6) is 0 Å². The van der Waals surface area contributed by atoms with Crippen LogP contribution in [-0.2, 0) is 6.54 Å². The van der Waals surface area contributed by atoms with Gasteiger partial charge in [0.15, 0.2) is 5.76 Å². The zero-order valence-corrected chi connectivity index (χ0v) is 14.7. The lowest BCUT2D eigenvalue weighted by molar-refractivity contribution is -0.143. The normalized spacial score (nSPS) is 18.5. The number of likely N-dealkylation sites (tertiary alicyclic amines) is 1. The number of nitrogens with one attached hydrogen (secondary N) is 2. The van der Waals surface area contributed by atoms with Crippen LogP contribution in [0.15, 0.2) is 22.7 Å². The molecule has 3 rings (SSSR count). The van der Waals surface area contributed by atoms with Gasteiger partial charge in [0.2, 0.25) is 0 Å². The second kappa shape index (κ2) is 8.25. The summed E-state index contributed by atoms with van der Waals surface area (Å²) in [5.41, 5.74) is 1.82. The molecule has 0 bridgehead atoms. The topological polar surface area (TPSA) is 57.1 Å². The molecule has 140 valence electrons. The van der Waals surface area contributed by atoms with E-state index in [1.54, 1.807) is 6.20 Å². The zero-order chi connectivity index (χ0) is 17.2. The summed E-state index contributed by atoms with van der Waals surface area (Å²) >= 11 is 0. The second-order valence-electron chi connectivity index (χ2n) is 6.32. The summed E-state index contributed by atoms with van der Waals surface area (Å²) in [6.07, 6.45) is -1.58. The van der Waals surface area contributed by atoms with Crippen molar-refractivity contribution < 1.29 is 17.6 Å². The maximum absolute atomic E-state index is 12.4. The van der Waals surface area contributed by atoms with Gasteiger partial charge in [-0.05, 0) is 44.5 Å². The molecule has 1 atom stereocenters. The molecule has 0 aliphatic carbocycles. The highest BCUT2D eigenvalue weighted by Crippen LogP contribution is 2.24. The number of halogens is 4. The van der Waals surface area contributed by atoms with Crippen LogP contribution in [0.3, 0.4) is 0 Å². The number of furan rings is 1. The van der Waals surface area contributed by atoms with Crippen LogP contribution >= 0.6 is 12.4 Å². The molecule has 0 amide bonds. The van der Waals surface area contributed by atoms with Crippen LogP contribution in [0.25, 0.3) is 11.5 Å². The number of aromatic nitrogens is 2. The van der Waals surface area contributed by atoms with Crippen molar-refractivity contribution in [2.45, 2.75) is 26.1 Å². The molecule has 2 aromatic rings. The molecule has 0 spiro atoms. The van der Waals surface area contributed by atoms with Crippen molar-refractivity contribution in [2.75, 3.05) is 26.2 Å². The van der Waals surface area contributed by atoms with Gasteiger partial charge in [-0.3, -0.25) is 10.00 Å². The number of rotatable bonds is 6. The summed E-state index contributed by atoms with van der Waals surface area (Å²) in [6.45, 7) is 3.35. The molecule has 1 saturated heterocycles. The molecule has 1 unspecified atom stereocenters. The first-order valence-electron chi connectivity index (χ1n) is 7.99. The first-order chi connectivity index (χ1) is 11.4. The Bertz CT molecular complexity index is 670. The van der Waals surface area contributed by atoms with E-state index in [1.807, 2.05) is 19.1 Å². The Balaban J connectivity index is 0.00000225. The lowest BCUT2D eigenvalue weighted by Gasteiger charge is -2.18. The lowest BCUT2D eigenvalue weighted by Crippen LogP contribution is -2.33. The zero-order valence-electron chi connectivity index (χ0n) is 13.9. The summed E-state index contributed by atoms with van der Waals surface area (Å²) in [7, 11) is 0. The van der Waals surface area contributed by atoms with Crippen molar-refractivity contribution >= 4 is 12.4 Å². The Morgan fingerprint density at radius 3 is 2.88 bits per heavy atom. The van der Waals surface area contributed by atoms with Crippen LogP contribution in [0.4, 0.5) is 13.2 Å². The molecule has 9 heteroatoms. The van der Waals surface area contributed by atoms with Gasteiger partial charge in [-0.1, -0.05) is 0 Å². The van der Waals surface area contributed by atoms with Crippen LogP contribution in [0.2, 0.25) is 0 Å². The molecule has 0 radical (unpaired) electrons. The molecule has 1 aliphatic rings. The smallest absolute Gasteiger partial charge is 0.401 e. The van der Waals surface area contributed by atoms with Gasteiger partial charge in [0, 0.05) is 18.7 Å². The van der Waals surface area contributed by atoms with Gasteiger partial charge in [0.05, 0.1) is 12.7 Å². The molecule has 5 nitrogen and oxygen atoms in total. The van der Waals surface area contributed by atoms with Crippen molar-refractivity contribution in [1.82, 2.24) is 20.4 Å². The van der Waals surface area contributed by atoms with Gasteiger partial charge < -0.3 is 9.73 Å². The number of hydrogen-bond donors (Lipinski definition) is 2. The summed E-state index contributed by atoms with van der Waals surface area (Å²) < 4.78 is 42.8. The monoisotopic (exact) mass is 378 g/mol. The maximum atomic E-state index is 12.4. The SMILES string of the molecule is Cc1ccc(-c2[nH]ncc2CNCC2CCN(CC(F)(F)F)C2)o1.Cl. The minimum Gasteiger partial charge on any atom is -0.460 e.